The quantitative estimate of drug-likeness (QED) is 0.169. The van der Waals surface area contributed by atoms with Gasteiger partial charge in [-0.3, -0.25) is 0 Å². The van der Waals surface area contributed by atoms with Crippen LogP contribution in [0.3, 0.4) is 0 Å². The van der Waals surface area contributed by atoms with Gasteiger partial charge in [0, 0.05) is 30.9 Å². The second-order valence-electron chi connectivity index (χ2n) is 14.8. The molecule has 272 valence electrons. The Morgan fingerprint density at radius 2 is 0.914 bits per heavy atom. The summed E-state index contributed by atoms with van der Waals surface area (Å²) in [5.74, 6) is 0. The van der Waals surface area contributed by atoms with E-state index in [2.05, 4.69) is 199 Å². The zero-order valence-electron chi connectivity index (χ0n) is 31.2. The second kappa shape index (κ2) is 13.1. The number of benzene rings is 9. The largest absolute Gasteiger partial charge is 0.456 e. The van der Waals surface area contributed by atoms with Crippen LogP contribution in [0.1, 0.15) is 0 Å². The number of hydrogen-bond acceptors (Lipinski definition) is 4. The minimum Gasteiger partial charge on any atom is -0.456 e. The van der Waals surface area contributed by atoms with E-state index in [9.17, 15) is 0 Å². The van der Waals surface area contributed by atoms with Gasteiger partial charge in [-0.15, -0.1) is 11.3 Å². The average molecular weight is 760 g/mol. The Balaban J connectivity index is 1.24. The zero-order valence-corrected chi connectivity index (χ0v) is 32.0. The third-order valence-electron chi connectivity index (χ3n) is 11.5. The molecule has 0 saturated heterocycles. The first-order valence-corrected chi connectivity index (χ1v) is 20.4. The molecule has 0 aliphatic carbocycles. The predicted octanol–water partition coefficient (Wildman–Crippen LogP) is 16.3. The molecule has 9 aromatic carbocycles. The van der Waals surface area contributed by atoms with Crippen molar-refractivity contribution in [1.82, 2.24) is 0 Å². The summed E-state index contributed by atoms with van der Waals surface area (Å²) < 4.78 is 16.0. The van der Waals surface area contributed by atoms with Crippen LogP contribution < -0.4 is 4.90 Å². The zero-order chi connectivity index (χ0) is 38.2. The van der Waals surface area contributed by atoms with Crippen molar-refractivity contribution in [3.05, 3.63) is 200 Å². The number of furan rings is 2. The standard InChI is InChI=1S/C54H33NO2S/c1-4-15-34(16-5-1)37-27-28-41-48(32-37)57-49-33-38(35-17-6-2-7-18-35)31-45(52(41)49)55(43-23-14-25-47-51(43)40-21-10-12-24-46(40)56-47)44-30-29-39(36-19-8-3-9-20-36)54-53(44)42-22-11-13-26-50(42)58-54/h1-33H. The van der Waals surface area contributed by atoms with Crippen LogP contribution in [0.5, 0.6) is 0 Å². The van der Waals surface area contributed by atoms with Crippen LogP contribution in [0.15, 0.2) is 209 Å². The molecule has 0 bridgehead atoms. The SMILES string of the molecule is c1ccc(-c2ccc3c(c2)oc2cc(-c4ccccc4)cc(N(c4cccc5oc6ccccc6c45)c4ccc(-c5ccccc5)c5sc6ccccc6c45)c23)cc1. The Labute approximate surface area is 338 Å². The summed E-state index contributed by atoms with van der Waals surface area (Å²) in [4.78, 5) is 2.48. The maximum absolute atomic E-state index is 6.96. The molecule has 0 saturated carbocycles. The predicted molar refractivity (Wildman–Crippen MR) is 245 cm³/mol. The van der Waals surface area contributed by atoms with Crippen molar-refractivity contribution in [3.8, 4) is 33.4 Å². The van der Waals surface area contributed by atoms with E-state index in [1.54, 1.807) is 0 Å². The van der Waals surface area contributed by atoms with Gasteiger partial charge in [0.1, 0.15) is 22.3 Å². The highest BCUT2D eigenvalue weighted by Gasteiger charge is 2.27. The smallest absolute Gasteiger partial charge is 0.138 e. The van der Waals surface area contributed by atoms with Crippen molar-refractivity contribution >= 4 is 92.4 Å². The summed E-state index contributed by atoms with van der Waals surface area (Å²) in [6, 6.07) is 71.3. The summed E-state index contributed by atoms with van der Waals surface area (Å²) in [5.41, 5.74) is 13.4. The number of fused-ring (bicyclic) bond motifs is 9. The lowest BCUT2D eigenvalue weighted by Crippen LogP contribution is -2.11. The van der Waals surface area contributed by atoms with Crippen molar-refractivity contribution in [2.75, 3.05) is 4.90 Å². The molecule has 0 radical (unpaired) electrons. The molecule has 12 rings (SSSR count). The highest BCUT2D eigenvalue weighted by molar-refractivity contribution is 7.26. The van der Waals surface area contributed by atoms with Crippen LogP contribution in [0.25, 0.3) is 97.4 Å². The monoisotopic (exact) mass is 759 g/mol. The molecular formula is C54H33NO2S. The molecule has 0 N–H and O–H groups in total. The fraction of sp³-hybridized carbons (Fsp3) is 0. The maximum atomic E-state index is 6.96. The van der Waals surface area contributed by atoms with Crippen LogP contribution in [0, 0.1) is 0 Å². The molecule has 0 unspecified atom stereocenters. The summed E-state index contributed by atoms with van der Waals surface area (Å²) in [6.07, 6.45) is 0. The second-order valence-corrected chi connectivity index (χ2v) is 15.9. The minimum absolute atomic E-state index is 0.832. The lowest BCUT2D eigenvalue weighted by atomic mass is 9.97. The van der Waals surface area contributed by atoms with Crippen LogP contribution in [-0.4, -0.2) is 0 Å². The Morgan fingerprint density at radius 3 is 1.71 bits per heavy atom. The van der Waals surface area contributed by atoms with Gasteiger partial charge < -0.3 is 13.7 Å². The van der Waals surface area contributed by atoms with E-state index < -0.39 is 0 Å². The fourth-order valence-corrected chi connectivity index (χ4v) is 10.1. The van der Waals surface area contributed by atoms with Crippen LogP contribution in [-0.2, 0) is 0 Å². The average Bonchev–Trinajstić information content (AvgIpc) is 3.99. The molecule has 12 aromatic rings. The number of thiophene rings is 1. The third kappa shape index (κ3) is 5.12. The van der Waals surface area contributed by atoms with Crippen molar-refractivity contribution in [2.24, 2.45) is 0 Å². The molecule has 0 fully saturated rings. The molecule has 4 heteroatoms. The molecule has 3 heterocycles. The molecule has 0 spiro atoms. The molecule has 0 amide bonds. The van der Waals surface area contributed by atoms with Gasteiger partial charge in [0.25, 0.3) is 0 Å². The van der Waals surface area contributed by atoms with E-state index >= 15 is 0 Å². The summed E-state index contributed by atoms with van der Waals surface area (Å²) in [7, 11) is 0. The molecule has 0 aliphatic heterocycles. The van der Waals surface area contributed by atoms with Crippen LogP contribution in [0.4, 0.5) is 17.1 Å². The van der Waals surface area contributed by atoms with E-state index in [4.69, 9.17) is 8.83 Å². The van der Waals surface area contributed by atoms with Gasteiger partial charge in [0.2, 0.25) is 0 Å². The normalized spacial score (nSPS) is 11.8. The first-order valence-electron chi connectivity index (χ1n) is 19.6. The first-order chi connectivity index (χ1) is 28.8. The van der Waals surface area contributed by atoms with Gasteiger partial charge in [-0.05, 0) is 88.0 Å². The summed E-state index contributed by atoms with van der Waals surface area (Å²) in [6.45, 7) is 0. The fourth-order valence-electron chi connectivity index (χ4n) is 8.84. The van der Waals surface area contributed by atoms with Crippen molar-refractivity contribution in [1.29, 1.82) is 0 Å². The van der Waals surface area contributed by atoms with Crippen molar-refractivity contribution in [3.63, 3.8) is 0 Å². The topological polar surface area (TPSA) is 29.5 Å². The van der Waals surface area contributed by atoms with Gasteiger partial charge in [-0.1, -0.05) is 146 Å². The van der Waals surface area contributed by atoms with Crippen molar-refractivity contribution in [2.45, 2.75) is 0 Å². The highest BCUT2D eigenvalue weighted by Crippen LogP contribution is 2.53. The van der Waals surface area contributed by atoms with Gasteiger partial charge in [0.05, 0.1) is 27.8 Å². The molecule has 3 aromatic heterocycles. The molecule has 3 nitrogen and oxygen atoms in total. The van der Waals surface area contributed by atoms with E-state index in [0.717, 1.165) is 83.2 Å². The minimum atomic E-state index is 0.832. The number of anilines is 3. The Hall–Kier alpha value is -7.40. The number of rotatable bonds is 6. The van der Waals surface area contributed by atoms with Gasteiger partial charge in [-0.2, -0.15) is 0 Å². The summed E-state index contributed by atoms with van der Waals surface area (Å²) in [5, 5.41) is 6.69. The Morgan fingerprint density at radius 1 is 0.328 bits per heavy atom. The molecule has 0 atom stereocenters. The number of para-hydroxylation sites is 1. The summed E-state index contributed by atoms with van der Waals surface area (Å²) >= 11 is 1.86. The van der Waals surface area contributed by atoms with Crippen LogP contribution >= 0.6 is 11.3 Å². The molecule has 0 aliphatic rings. The van der Waals surface area contributed by atoms with Gasteiger partial charge >= 0.3 is 0 Å². The van der Waals surface area contributed by atoms with E-state index in [0.29, 0.717) is 0 Å². The molecular weight excluding hydrogens is 727 g/mol. The van der Waals surface area contributed by atoms with Gasteiger partial charge in [0.15, 0.2) is 0 Å². The number of hydrogen-bond donors (Lipinski definition) is 0. The number of nitrogens with zero attached hydrogens (tertiary/aromatic N) is 1. The lowest BCUT2D eigenvalue weighted by molar-refractivity contribution is 0.669. The van der Waals surface area contributed by atoms with Crippen molar-refractivity contribution < 1.29 is 8.83 Å². The van der Waals surface area contributed by atoms with E-state index in [1.165, 1.54) is 31.3 Å². The van der Waals surface area contributed by atoms with E-state index in [-0.39, 0.29) is 0 Å². The van der Waals surface area contributed by atoms with Gasteiger partial charge in [-0.25, -0.2) is 0 Å². The Kier molecular flexibility index (Phi) is 7.40. The third-order valence-corrected chi connectivity index (χ3v) is 12.7. The maximum Gasteiger partial charge on any atom is 0.138 e. The highest BCUT2D eigenvalue weighted by atomic mass is 32.1. The Bertz CT molecular complexity index is 3510. The molecule has 58 heavy (non-hydrogen) atoms. The lowest BCUT2D eigenvalue weighted by Gasteiger charge is -2.29. The van der Waals surface area contributed by atoms with Crippen LogP contribution in [0.2, 0.25) is 0 Å². The first kappa shape index (κ1) is 32.8. The van der Waals surface area contributed by atoms with E-state index in [1.807, 2.05) is 17.4 Å².